The van der Waals surface area contributed by atoms with Crippen LogP contribution in [0.2, 0.25) is 0 Å². The van der Waals surface area contributed by atoms with E-state index in [-0.39, 0.29) is 11.2 Å². The molecule has 0 bridgehead atoms. The van der Waals surface area contributed by atoms with Crippen molar-refractivity contribution in [2.75, 3.05) is 5.32 Å². The van der Waals surface area contributed by atoms with Crippen molar-refractivity contribution in [1.29, 1.82) is 0 Å². The van der Waals surface area contributed by atoms with Crippen LogP contribution in [0.25, 0.3) is 10.2 Å². The summed E-state index contributed by atoms with van der Waals surface area (Å²) < 4.78 is 2.84. The standard InChI is InChI=1S/C13H13N5OS2/c1-8(20-13-17-14-7-18(13)2)11(19)16-12-15-9-5-3-4-6-10(9)21-12/h3-8H,1-2H3,(H,15,16,19)/t8-/m1/s1. The van der Waals surface area contributed by atoms with Crippen LogP contribution in [0, 0.1) is 0 Å². The zero-order chi connectivity index (χ0) is 14.8. The summed E-state index contributed by atoms with van der Waals surface area (Å²) in [6.07, 6.45) is 1.61. The molecule has 0 radical (unpaired) electrons. The van der Waals surface area contributed by atoms with Crippen molar-refractivity contribution in [3.63, 3.8) is 0 Å². The predicted molar refractivity (Wildman–Crippen MR) is 84.6 cm³/mol. The maximum atomic E-state index is 12.2. The molecule has 0 saturated heterocycles. The van der Waals surface area contributed by atoms with Crippen molar-refractivity contribution in [3.05, 3.63) is 30.6 Å². The van der Waals surface area contributed by atoms with Gasteiger partial charge in [0.2, 0.25) is 5.91 Å². The van der Waals surface area contributed by atoms with E-state index in [9.17, 15) is 4.79 Å². The van der Waals surface area contributed by atoms with E-state index in [0.717, 1.165) is 10.2 Å². The van der Waals surface area contributed by atoms with E-state index < -0.39 is 0 Å². The van der Waals surface area contributed by atoms with Crippen LogP contribution >= 0.6 is 23.1 Å². The van der Waals surface area contributed by atoms with Gasteiger partial charge < -0.3 is 9.88 Å². The van der Waals surface area contributed by atoms with Crippen molar-refractivity contribution in [3.8, 4) is 0 Å². The van der Waals surface area contributed by atoms with E-state index in [4.69, 9.17) is 0 Å². The second kappa shape index (κ2) is 5.82. The molecule has 1 atom stereocenters. The summed E-state index contributed by atoms with van der Waals surface area (Å²) in [4.78, 5) is 16.6. The molecule has 2 aromatic heterocycles. The summed E-state index contributed by atoms with van der Waals surface area (Å²) in [5.41, 5.74) is 0.895. The first-order valence-corrected chi connectivity index (χ1v) is 8.00. The van der Waals surface area contributed by atoms with Crippen molar-refractivity contribution < 1.29 is 4.79 Å². The molecule has 1 N–H and O–H groups in total. The van der Waals surface area contributed by atoms with Crippen LogP contribution in [-0.4, -0.2) is 30.9 Å². The molecule has 3 aromatic rings. The average molecular weight is 319 g/mol. The molecule has 0 aliphatic rings. The highest BCUT2D eigenvalue weighted by atomic mass is 32.2. The van der Waals surface area contributed by atoms with Gasteiger partial charge in [-0.25, -0.2) is 4.98 Å². The van der Waals surface area contributed by atoms with Gasteiger partial charge in [-0.05, 0) is 19.1 Å². The summed E-state index contributed by atoms with van der Waals surface area (Å²) in [6.45, 7) is 1.84. The Labute approximate surface area is 129 Å². The first kappa shape index (κ1) is 14.0. The van der Waals surface area contributed by atoms with E-state index >= 15 is 0 Å². The number of nitrogens with zero attached hydrogens (tertiary/aromatic N) is 4. The summed E-state index contributed by atoms with van der Waals surface area (Å²) in [5.74, 6) is -0.0953. The minimum atomic E-state index is -0.278. The Morgan fingerprint density at radius 2 is 2.24 bits per heavy atom. The molecule has 3 rings (SSSR count). The quantitative estimate of drug-likeness (QED) is 0.748. The summed E-state index contributed by atoms with van der Waals surface area (Å²) >= 11 is 2.83. The van der Waals surface area contributed by atoms with Gasteiger partial charge in [-0.15, -0.1) is 10.2 Å². The minimum Gasteiger partial charge on any atom is -0.312 e. The van der Waals surface area contributed by atoms with Crippen LogP contribution in [0.3, 0.4) is 0 Å². The molecular formula is C13H13N5OS2. The van der Waals surface area contributed by atoms with Gasteiger partial charge in [-0.3, -0.25) is 4.79 Å². The Hall–Kier alpha value is -1.93. The number of fused-ring (bicyclic) bond motifs is 1. The van der Waals surface area contributed by atoms with E-state index in [1.165, 1.54) is 23.1 Å². The average Bonchev–Trinajstić information content (AvgIpc) is 3.04. The Morgan fingerprint density at radius 3 is 2.95 bits per heavy atom. The van der Waals surface area contributed by atoms with E-state index in [1.807, 2.05) is 38.2 Å². The Morgan fingerprint density at radius 1 is 1.43 bits per heavy atom. The zero-order valence-electron chi connectivity index (χ0n) is 11.5. The van der Waals surface area contributed by atoms with Gasteiger partial charge in [0.25, 0.3) is 0 Å². The molecule has 0 aliphatic carbocycles. The number of aryl methyl sites for hydroxylation is 1. The highest BCUT2D eigenvalue weighted by Gasteiger charge is 2.18. The van der Waals surface area contributed by atoms with Gasteiger partial charge >= 0.3 is 0 Å². The first-order valence-electron chi connectivity index (χ1n) is 6.30. The van der Waals surface area contributed by atoms with Crippen LogP contribution in [-0.2, 0) is 11.8 Å². The third-order valence-corrected chi connectivity index (χ3v) is 4.95. The lowest BCUT2D eigenvalue weighted by Gasteiger charge is -2.09. The number of rotatable bonds is 4. The highest BCUT2D eigenvalue weighted by Crippen LogP contribution is 2.27. The maximum Gasteiger partial charge on any atom is 0.239 e. The molecule has 1 aromatic carbocycles. The van der Waals surface area contributed by atoms with Gasteiger partial charge in [0.05, 0.1) is 15.5 Å². The summed E-state index contributed by atoms with van der Waals surface area (Å²) in [5, 5.41) is 11.7. The molecule has 6 nitrogen and oxygen atoms in total. The third kappa shape index (κ3) is 3.06. The maximum absolute atomic E-state index is 12.2. The van der Waals surface area contributed by atoms with Crippen LogP contribution in [0.5, 0.6) is 0 Å². The number of para-hydroxylation sites is 1. The molecule has 0 spiro atoms. The van der Waals surface area contributed by atoms with Crippen LogP contribution in [0.15, 0.2) is 35.7 Å². The largest absolute Gasteiger partial charge is 0.312 e. The van der Waals surface area contributed by atoms with Gasteiger partial charge in [-0.2, -0.15) is 0 Å². The topological polar surface area (TPSA) is 72.7 Å². The molecule has 1 amide bonds. The Balaban J connectivity index is 1.69. The molecule has 108 valence electrons. The highest BCUT2D eigenvalue weighted by molar-refractivity contribution is 8.00. The fraction of sp³-hybridized carbons (Fsp3) is 0.231. The lowest BCUT2D eigenvalue weighted by atomic mass is 10.3. The summed E-state index contributed by atoms with van der Waals surface area (Å²) in [7, 11) is 1.85. The monoisotopic (exact) mass is 319 g/mol. The Kier molecular flexibility index (Phi) is 3.89. The molecular weight excluding hydrogens is 306 g/mol. The molecule has 0 fully saturated rings. The number of carbonyl (C=O) groups excluding carboxylic acids is 1. The van der Waals surface area contributed by atoms with Crippen LogP contribution in [0.4, 0.5) is 5.13 Å². The zero-order valence-corrected chi connectivity index (χ0v) is 13.1. The number of thiazole rings is 1. The second-order valence-electron chi connectivity index (χ2n) is 4.46. The molecule has 0 aliphatic heterocycles. The van der Waals surface area contributed by atoms with Crippen molar-refractivity contribution in [1.82, 2.24) is 19.7 Å². The van der Waals surface area contributed by atoms with Crippen LogP contribution < -0.4 is 5.32 Å². The SMILES string of the molecule is C[C@@H](Sc1nncn1C)C(=O)Nc1nc2ccccc2s1. The van der Waals surface area contributed by atoms with Crippen molar-refractivity contribution in [2.45, 2.75) is 17.3 Å². The number of hydrogen-bond acceptors (Lipinski definition) is 6. The predicted octanol–water partition coefficient (Wildman–Crippen LogP) is 2.54. The smallest absolute Gasteiger partial charge is 0.239 e. The van der Waals surface area contributed by atoms with Gasteiger partial charge in [0.15, 0.2) is 10.3 Å². The number of amides is 1. The Bertz CT molecular complexity index is 749. The molecule has 0 saturated carbocycles. The molecule has 0 unspecified atom stereocenters. The van der Waals surface area contributed by atoms with Crippen LogP contribution in [0.1, 0.15) is 6.92 Å². The number of nitrogens with one attached hydrogen (secondary N) is 1. The normalized spacial score (nSPS) is 12.5. The number of carbonyl (C=O) groups is 1. The fourth-order valence-electron chi connectivity index (χ4n) is 1.72. The van der Waals surface area contributed by atoms with Gasteiger partial charge in [0, 0.05) is 7.05 Å². The molecule has 8 heteroatoms. The number of thioether (sulfide) groups is 1. The van der Waals surface area contributed by atoms with E-state index in [0.29, 0.717) is 10.3 Å². The van der Waals surface area contributed by atoms with Gasteiger partial charge in [-0.1, -0.05) is 35.2 Å². The third-order valence-electron chi connectivity index (χ3n) is 2.85. The van der Waals surface area contributed by atoms with E-state index in [2.05, 4.69) is 20.5 Å². The van der Waals surface area contributed by atoms with Crippen molar-refractivity contribution in [2.24, 2.45) is 7.05 Å². The fourth-order valence-corrected chi connectivity index (χ4v) is 3.38. The van der Waals surface area contributed by atoms with E-state index in [1.54, 1.807) is 10.9 Å². The number of aromatic nitrogens is 4. The number of anilines is 1. The lowest BCUT2D eigenvalue weighted by Crippen LogP contribution is -2.22. The molecule has 2 heterocycles. The second-order valence-corrected chi connectivity index (χ2v) is 6.80. The number of benzene rings is 1. The number of hydrogen-bond donors (Lipinski definition) is 1. The van der Waals surface area contributed by atoms with Crippen molar-refractivity contribution >= 4 is 44.4 Å². The molecule has 21 heavy (non-hydrogen) atoms. The lowest BCUT2D eigenvalue weighted by molar-refractivity contribution is -0.115. The summed E-state index contributed by atoms with van der Waals surface area (Å²) in [6, 6.07) is 7.80. The minimum absolute atomic E-state index is 0.0953. The first-order chi connectivity index (χ1) is 10.1. The van der Waals surface area contributed by atoms with Gasteiger partial charge in [0.1, 0.15) is 6.33 Å².